The summed E-state index contributed by atoms with van der Waals surface area (Å²) in [5, 5.41) is 4.29. The van der Waals surface area contributed by atoms with Crippen molar-refractivity contribution in [2.45, 2.75) is 0 Å². The van der Waals surface area contributed by atoms with Crippen LogP contribution in [-0.2, 0) is 0 Å². The fourth-order valence-corrected chi connectivity index (χ4v) is 9.56. The number of rotatable bonds is 7. The second-order valence-corrected chi connectivity index (χ2v) is 16.1. The summed E-state index contributed by atoms with van der Waals surface area (Å²) < 4.78 is 8.60. The predicted molar refractivity (Wildman–Crippen MR) is 251 cm³/mol. The third kappa shape index (κ3) is 6.20. The lowest BCUT2D eigenvalue weighted by atomic mass is 9.99. The summed E-state index contributed by atoms with van der Waals surface area (Å²) in [6.07, 6.45) is 0. The van der Waals surface area contributed by atoms with E-state index < -0.39 is 0 Å². The topological polar surface area (TPSA) is 90.5 Å². The molecule has 0 unspecified atom stereocenters. The summed E-state index contributed by atoms with van der Waals surface area (Å²) in [4.78, 5) is 30.3. The molecule has 0 saturated carbocycles. The minimum Gasteiger partial charge on any atom is -0.456 e. The van der Waals surface area contributed by atoms with Gasteiger partial charge < -0.3 is 4.42 Å². The Kier molecular flexibility index (Phi) is 8.53. The van der Waals surface area contributed by atoms with Crippen LogP contribution in [0.2, 0.25) is 0 Å². The molecule has 0 fully saturated rings. The SMILES string of the molecule is c1ccc(-c2nc(-c3ccc(-c4cccc5c4sc4cccc(-c6nc(-c7ccccc7)nc(-c7ccccc7)n6)c45)cc3)nc(-c3cccc4oc5ccccc5c34)n2)cc1. The van der Waals surface area contributed by atoms with Crippen molar-refractivity contribution in [3.8, 4) is 79.5 Å². The summed E-state index contributed by atoms with van der Waals surface area (Å²) in [7, 11) is 0. The fraction of sp³-hybridized carbons (Fsp3) is 0. The molecule has 0 radical (unpaired) electrons. The highest BCUT2D eigenvalue weighted by Crippen LogP contribution is 2.44. The van der Waals surface area contributed by atoms with Gasteiger partial charge in [-0.15, -0.1) is 11.3 Å². The van der Waals surface area contributed by atoms with E-state index in [-0.39, 0.29) is 0 Å². The summed E-state index contributed by atoms with van der Waals surface area (Å²) >= 11 is 1.78. The average Bonchev–Trinajstić information content (AvgIpc) is 3.94. The van der Waals surface area contributed by atoms with Gasteiger partial charge in [-0.05, 0) is 29.3 Å². The largest absolute Gasteiger partial charge is 0.456 e. The van der Waals surface area contributed by atoms with E-state index in [0.717, 1.165) is 81.9 Å². The Morgan fingerprint density at radius 1 is 0.290 bits per heavy atom. The van der Waals surface area contributed by atoms with Gasteiger partial charge in [0.1, 0.15) is 11.2 Å². The fourth-order valence-electron chi connectivity index (χ4n) is 8.29. The van der Waals surface area contributed by atoms with E-state index in [0.29, 0.717) is 34.9 Å². The van der Waals surface area contributed by atoms with Crippen molar-refractivity contribution < 1.29 is 4.42 Å². The molecule has 8 heteroatoms. The first-order valence-electron chi connectivity index (χ1n) is 20.4. The smallest absolute Gasteiger partial charge is 0.164 e. The molecular formula is C54H32N6OS. The van der Waals surface area contributed by atoms with Crippen molar-refractivity contribution >= 4 is 53.4 Å². The molecule has 62 heavy (non-hydrogen) atoms. The van der Waals surface area contributed by atoms with Crippen LogP contribution >= 0.6 is 11.3 Å². The molecule has 12 rings (SSSR count). The second kappa shape index (κ2) is 14.8. The van der Waals surface area contributed by atoms with Crippen LogP contribution in [0, 0.1) is 0 Å². The zero-order valence-electron chi connectivity index (χ0n) is 33.0. The van der Waals surface area contributed by atoms with E-state index in [1.165, 1.54) is 4.70 Å². The quantitative estimate of drug-likeness (QED) is 0.158. The second-order valence-electron chi connectivity index (χ2n) is 15.0. The molecule has 0 N–H and O–H groups in total. The highest BCUT2D eigenvalue weighted by molar-refractivity contribution is 7.26. The molecule has 0 bridgehead atoms. The van der Waals surface area contributed by atoms with Gasteiger partial charge in [-0.25, -0.2) is 29.9 Å². The molecule has 0 amide bonds. The van der Waals surface area contributed by atoms with Crippen LogP contribution in [0.4, 0.5) is 0 Å². The van der Waals surface area contributed by atoms with E-state index in [9.17, 15) is 0 Å². The van der Waals surface area contributed by atoms with Crippen molar-refractivity contribution in [2.75, 3.05) is 0 Å². The predicted octanol–water partition coefficient (Wildman–Crippen LogP) is 14.0. The normalized spacial score (nSPS) is 11.5. The number of aromatic nitrogens is 6. The maximum Gasteiger partial charge on any atom is 0.164 e. The van der Waals surface area contributed by atoms with Crippen molar-refractivity contribution in [3.63, 3.8) is 0 Å². The van der Waals surface area contributed by atoms with Gasteiger partial charge in [0.2, 0.25) is 0 Å². The number of benzene rings is 8. The first kappa shape index (κ1) is 35.7. The number of nitrogens with zero attached hydrogens (tertiary/aromatic N) is 6. The van der Waals surface area contributed by atoms with Crippen LogP contribution in [0.3, 0.4) is 0 Å². The van der Waals surface area contributed by atoms with Crippen molar-refractivity contribution in [1.29, 1.82) is 0 Å². The molecule has 4 heterocycles. The molecule has 290 valence electrons. The van der Waals surface area contributed by atoms with Crippen LogP contribution < -0.4 is 0 Å². The molecule has 4 aromatic heterocycles. The molecule has 0 atom stereocenters. The maximum absolute atomic E-state index is 6.24. The Morgan fingerprint density at radius 2 is 0.710 bits per heavy atom. The van der Waals surface area contributed by atoms with E-state index in [1.807, 2.05) is 121 Å². The van der Waals surface area contributed by atoms with Crippen LogP contribution in [-0.4, -0.2) is 29.9 Å². The molecule has 0 saturated heterocycles. The van der Waals surface area contributed by atoms with Gasteiger partial charge >= 0.3 is 0 Å². The van der Waals surface area contributed by atoms with Gasteiger partial charge in [0.25, 0.3) is 0 Å². The Morgan fingerprint density at radius 3 is 1.31 bits per heavy atom. The summed E-state index contributed by atoms with van der Waals surface area (Å²) in [5.41, 5.74) is 9.41. The molecular weight excluding hydrogens is 781 g/mol. The maximum atomic E-state index is 6.24. The zero-order chi connectivity index (χ0) is 41.0. The van der Waals surface area contributed by atoms with Gasteiger partial charge in [-0.2, -0.15) is 0 Å². The van der Waals surface area contributed by atoms with Crippen molar-refractivity contribution in [2.24, 2.45) is 0 Å². The van der Waals surface area contributed by atoms with Crippen LogP contribution in [0.1, 0.15) is 0 Å². The van der Waals surface area contributed by atoms with E-state index in [1.54, 1.807) is 11.3 Å². The first-order chi connectivity index (χ1) is 30.7. The summed E-state index contributed by atoms with van der Waals surface area (Å²) in [6, 6.07) is 65.9. The van der Waals surface area contributed by atoms with Gasteiger partial charge in [0, 0.05) is 64.3 Å². The number of fused-ring (bicyclic) bond motifs is 6. The lowest BCUT2D eigenvalue weighted by Crippen LogP contribution is -2.00. The Bertz CT molecular complexity index is 3570. The number of hydrogen-bond acceptors (Lipinski definition) is 8. The highest BCUT2D eigenvalue weighted by atomic mass is 32.1. The van der Waals surface area contributed by atoms with Gasteiger partial charge in [0.15, 0.2) is 34.9 Å². The Labute approximate surface area is 359 Å². The molecule has 0 aliphatic rings. The lowest BCUT2D eigenvalue weighted by molar-refractivity contribution is 0.669. The molecule has 0 aliphatic heterocycles. The molecule has 0 spiro atoms. The van der Waals surface area contributed by atoms with Gasteiger partial charge in [-0.1, -0.05) is 176 Å². The third-order valence-electron chi connectivity index (χ3n) is 11.2. The van der Waals surface area contributed by atoms with Crippen LogP contribution in [0.15, 0.2) is 199 Å². The number of thiophene rings is 1. The number of para-hydroxylation sites is 1. The minimum atomic E-state index is 0.589. The van der Waals surface area contributed by atoms with Crippen molar-refractivity contribution in [3.05, 3.63) is 194 Å². The molecule has 12 aromatic rings. The number of furan rings is 1. The molecule has 8 aromatic carbocycles. The Balaban J connectivity index is 0.969. The monoisotopic (exact) mass is 812 g/mol. The highest BCUT2D eigenvalue weighted by Gasteiger charge is 2.20. The van der Waals surface area contributed by atoms with Crippen LogP contribution in [0.25, 0.3) is 122 Å². The standard InChI is InChI=1S/C54H32N6OS/c1-4-15-34(16-5-1)49-55-50(35-17-6-2-7-18-35)59-54(58-49)42-25-14-28-45-47(42)40-23-12-22-38(48(40)62-45)33-29-31-37(32-30-33)52-56-51(36-19-8-3-9-20-36)57-53(60-52)41-24-13-27-44-46(41)39-21-10-11-26-43(39)61-44/h1-32H. The summed E-state index contributed by atoms with van der Waals surface area (Å²) in [6.45, 7) is 0. The van der Waals surface area contributed by atoms with Gasteiger partial charge in [-0.3, -0.25) is 0 Å². The van der Waals surface area contributed by atoms with Crippen molar-refractivity contribution in [1.82, 2.24) is 29.9 Å². The average molecular weight is 813 g/mol. The summed E-state index contributed by atoms with van der Waals surface area (Å²) in [5.74, 6) is 3.71. The third-order valence-corrected chi connectivity index (χ3v) is 12.4. The first-order valence-corrected chi connectivity index (χ1v) is 21.2. The van der Waals surface area contributed by atoms with E-state index in [2.05, 4.69) is 72.8 Å². The zero-order valence-corrected chi connectivity index (χ0v) is 33.8. The van der Waals surface area contributed by atoms with Gasteiger partial charge in [0.05, 0.1) is 0 Å². The molecule has 0 aliphatic carbocycles. The lowest BCUT2D eigenvalue weighted by Gasteiger charge is -2.10. The minimum absolute atomic E-state index is 0.589. The number of hydrogen-bond donors (Lipinski definition) is 0. The van der Waals surface area contributed by atoms with E-state index >= 15 is 0 Å². The van der Waals surface area contributed by atoms with Crippen LogP contribution in [0.5, 0.6) is 0 Å². The molecule has 7 nitrogen and oxygen atoms in total. The van der Waals surface area contributed by atoms with E-state index in [4.69, 9.17) is 34.3 Å². The Hall–Kier alpha value is -8.20.